The van der Waals surface area contributed by atoms with Crippen LogP contribution < -0.4 is 4.90 Å². The van der Waals surface area contributed by atoms with Gasteiger partial charge in [0.15, 0.2) is 11.6 Å². The predicted octanol–water partition coefficient (Wildman–Crippen LogP) is 3.54. The quantitative estimate of drug-likeness (QED) is 0.740. The Morgan fingerprint density at radius 2 is 1.62 bits per heavy atom. The molecule has 0 saturated heterocycles. The van der Waals surface area contributed by atoms with E-state index in [0.717, 1.165) is 29.6 Å². The summed E-state index contributed by atoms with van der Waals surface area (Å²) < 4.78 is 2.00. The van der Waals surface area contributed by atoms with Crippen LogP contribution in [0.5, 0.6) is 0 Å². The summed E-state index contributed by atoms with van der Waals surface area (Å²) in [6.07, 6.45) is 0. The van der Waals surface area contributed by atoms with Crippen LogP contribution in [0.15, 0.2) is 54.6 Å². The van der Waals surface area contributed by atoms with Crippen molar-refractivity contribution in [2.75, 3.05) is 19.0 Å². The number of hydrogen-bond donors (Lipinski definition) is 0. The van der Waals surface area contributed by atoms with Gasteiger partial charge in [0.2, 0.25) is 0 Å². The first-order valence-corrected chi connectivity index (χ1v) is 8.19. The summed E-state index contributed by atoms with van der Waals surface area (Å²) in [5.41, 5.74) is 3.40. The summed E-state index contributed by atoms with van der Waals surface area (Å²) in [6.45, 7) is 2.92. The van der Waals surface area contributed by atoms with Gasteiger partial charge in [0.25, 0.3) is 0 Å². The van der Waals surface area contributed by atoms with Crippen LogP contribution in [0, 0.1) is 0 Å². The highest BCUT2D eigenvalue weighted by Gasteiger charge is 2.32. The first-order valence-electron chi connectivity index (χ1n) is 8.19. The fourth-order valence-corrected chi connectivity index (χ4v) is 3.29. The summed E-state index contributed by atoms with van der Waals surface area (Å²) in [5.74, 6) is 1.83. The number of aromatic nitrogens is 3. The molecule has 0 radical (unpaired) electrons. The Bertz CT molecular complexity index is 853. The number of hydrogen-bond acceptors (Lipinski definition) is 4. The van der Waals surface area contributed by atoms with Crippen molar-refractivity contribution < 1.29 is 0 Å². The number of anilines is 2. The third kappa shape index (κ3) is 2.37. The van der Waals surface area contributed by atoms with E-state index in [9.17, 15) is 0 Å². The monoisotopic (exact) mass is 319 g/mol. The highest BCUT2D eigenvalue weighted by molar-refractivity contribution is 5.74. The number of rotatable bonds is 3. The lowest BCUT2D eigenvalue weighted by Crippen LogP contribution is -2.29. The van der Waals surface area contributed by atoms with Gasteiger partial charge in [0.1, 0.15) is 0 Å². The number of benzene rings is 2. The molecule has 24 heavy (non-hydrogen) atoms. The minimum atomic E-state index is 0.116. The zero-order valence-electron chi connectivity index (χ0n) is 14.2. The Morgan fingerprint density at radius 3 is 2.33 bits per heavy atom. The first kappa shape index (κ1) is 14.9. The third-order valence-electron chi connectivity index (χ3n) is 4.30. The lowest BCUT2D eigenvalue weighted by atomic mass is 10.1. The number of nitrogens with zero attached hydrogens (tertiary/aromatic N) is 5. The van der Waals surface area contributed by atoms with E-state index in [4.69, 9.17) is 10.1 Å². The van der Waals surface area contributed by atoms with E-state index in [2.05, 4.69) is 65.3 Å². The van der Waals surface area contributed by atoms with E-state index < -0.39 is 0 Å². The lowest BCUT2D eigenvalue weighted by molar-refractivity contribution is 0.390. The second-order valence-electron chi connectivity index (χ2n) is 6.41. The third-order valence-corrected chi connectivity index (χ3v) is 4.30. The van der Waals surface area contributed by atoms with Crippen LogP contribution in [-0.4, -0.2) is 33.8 Å². The predicted molar refractivity (Wildman–Crippen MR) is 95.7 cm³/mol. The van der Waals surface area contributed by atoms with Crippen molar-refractivity contribution >= 4 is 11.4 Å². The molecule has 0 amide bonds. The SMILES string of the molecule is CC1c2nc(CN(C)C)nn2-c2ccccc2N1c1ccccc1. The highest BCUT2D eigenvalue weighted by Crippen LogP contribution is 2.42. The van der Waals surface area contributed by atoms with Crippen LogP contribution in [-0.2, 0) is 6.54 Å². The standard InChI is InChI=1S/C19H21N5/c1-14-19-20-18(13-22(2)3)21-24(19)17-12-8-7-11-16(17)23(14)15-9-5-4-6-10-15/h4-12,14H,13H2,1-3H3. The van der Waals surface area contributed by atoms with Crippen molar-refractivity contribution in [2.24, 2.45) is 0 Å². The molecule has 5 heteroatoms. The number of fused-ring (bicyclic) bond motifs is 3. The van der Waals surface area contributed by atoms with E-state index in [1.165, 1.54) is 5.69 Å². The summed E-state index contributed by atoms with van der Waals surface area (Å²) in [5, 5.41) is 4.75. The molecule has 0 N–H and O–H groups in total. The van der Waals surface area contributed by atoms with Gasteiger partial charge in [0.05, 0.1) is 24.0 Å². The molecule has 0 spiro atoms. The Hall–Kier alpha value is -2.66. The molecule has 0 aliphatic carbocycles. The molecule has 0 fully saturated rings. The fourth-order valence-electron chi connectivity index (χ4n) is 3.29. The van der Waals surface area contributed by atoms with Crippen molar-refractivity contribution in [3.63, 3.8) is 0 Å². The zero-order chi connectivity index (χ0) is 16.7. The maximum absolute atomic E-state index is 4.82. The van der Waals surface area contributed by atoms with Crippen LogP contribution in [0.1, 0.15) is 24.6 Å². The molecule has 1 atom stereocenters. The second kappa shape index (κ2) is 5.76. The Morgan fingerprint density at radius 1 is 0.958 bits per heavy atom. The summed E-state index contributed by atoms with van der Waals surface area (Å²) in [4.78, 5) is 9.24. The molecule has 122 valence electrons. The molecule has 5 nitrogen and oxygen atoms in total. The van der Waals surface area contributed by atoms with Crippen molar-refractivity contribution in [3.8, 4) is 5.69 Å². The van der Waals surface area contributed by atoms with E-state index in [1.807, 2.05) is 24.8 Å². The van der Waals surface area contributed by atoms with E-state index >= 15 is 0 Å². The van der Waals surface area contributed by atoms with Crippen LogP contribution in [0.4, 0.5) is 11.4 Å². The molecule has 0 saturated carbocycles. The van der Waals surface area contributed by atoms with Crippen molar-refractivity contribution in [1.29, 1.82) is 0 Å². The van der Waals surface area contributed by atoms with Gasteiger partial charge in [-0.05, 0) is 45.3 Å². The molecule has 1 aliphatic rings. The van der Waals surface area contributed by atoms with Crippen LogP contribution in [0.2, 0.25) is 0 Å². The maximum atomic E-state index is 4.82. The van der Waals surface area contributed by atoms with Gasteiger partial charge < -0.3 is 9.80 Å². The van der Waals surface area contributed by atoms with Crippen LogP contribution >= 0.6 is 0 Å². The van der Waals surface area contributed by atoms with E-state index in [-0.39, 0.29) is 6.04 Å². The van der Waals surface area contributed by atoms with Gasteiger partial charge in [-0.25, -0.2) is 9.67 Å². The van der Waals surface area contributed by atoms with Crippen LogP contribution in [0.25, 0.3) is 5.69 Å². The molecule has 3 aromatic rings. The fraction of sp³-hybridized carbons (Fsp3) is 0.263. The number of para-hydroxylation sites is 3. The Labute approximate surface area is 142 Å². The van der Waals surface area contributed by atoms with Crippen molar-refractivity contribution in [3.05, 3.63) is 66.2 Å². The maximum Gasteiger partial charge on any atom is 0.165 e. The van der Waals surface area contributed by atoms with Gasteiger partial charge in [-0.15, -0.1) is 5.10 Å². The first-order chi connectivity index (χ1) is 11.6. The van der Waals surface area contributed by atoms with Gasteiger partial charge in [-0.1, -0.05) is 30.3 Å². The summed E-state index contributed by atoms with van der Waals surface area (Å²) in [7, 11) is 4.07. The van der Waals surface area contributed by atoms with Gasteiger partial charge in [-0.3, -0.25) is 0 Å². The topological polar surface area (TPSA) is 37.2 Å². The van der Waals surface area contributed by atoms with Gasteiger partial charge >= 0.3 is 0 Å². The molecule has 1 aromatic heterocycles. The van der Waals surface area contributed by atoms with Gasteiger partial charge in [0, 0.05) is 5.69 Å². The molecule has 2 heterocycles. The Kier molecular flexibility index (Phi) is 3.58. The van der Waals surface area contributed by atoms with Crippen molar-refractivity contribution in [1.82, 2.24) is 19.7 Å². The molecule has 1 aliphatic heterocycles. The second-order valence-corrected chi connectivity index (χ2v) is 6.41. The smallest absolute Gasteiger partial charge is 0.165 e. The highest BCUT2D eigenvalue weighted by atomic mass is 15.4. The molecule has 4 rings (SSSR count). The van der Waals surface area contributed by atoms with Crippen molar-refractivity contribution in [2.45, 2.75) is 19.5 Å². The molecule has 1 unspecified atom stereocenters. The molecular weight excluding hydrogens is 298 g/mol. The molecular formula is C19H21N5. The minimum Gasteiger partial charge on any atom is -0.329 e. The van der Waals surface area contributed by atoms with E-state index in [1.54, 1.807) is 0 Å². The Balaban J connectivity index is 1.88. The largest absolute Gasteiger partial charge is 0.329 e. The average molecular weight is 319 g/mol. The molecule has 0 bridgehead atoms. The normalized spacial score (nSPS) is 16.2. The van der Waals surface area contributed by atoms with Gasteiger partial charge in [-0.2, -0.15) is 0 Å². The zero-order valence-corrected chi connectivity index (χ0v) is 14.2. The van der Waals surface area contributed by atoms with E-state index in [0.29, 0.717) is 0 Å². The summed E-state index contributed by atoms with van der Waals surface area (Å²) >= 11 is 0. The lowest BCUT2D eigenvalue weighted by Gasteiger charge is -2.36. The average Bonchev–Trinajstić information content (AvgIpc) is 3.00. The minimum absolute atomic E-state index is 0.116. The van der Waals surface area contributed by atoms with Crippen LogP contribution in [0.3, 0.4) is 0 Å². The molecule has 2 aromatic carbocycles. The summed E-state index contributed by atoms with van der Waals surface area (Å²) in [6, 6.07) is 19.0.